The first-order valence-corrected chi connectivity index (χ1v) is 10.2. The number of nitrogens with one attached hydrogen (secondary N) is 2. The zero-order valence-corrected chi connectivity index (χ0v) is 18.0. The van der Waals surface area contributed by atoms with Crippen molar-refractivity contribution in [1.29, 1.82) is 5.26 Å². The molecular formula is C22H25N7O3. The highest BCUT2D eigenvalue weighted by Crippen LogP contribution is 2.23. The molecule has 1 amide bonds. The van der Waals surface area contributed by atoms with Crippen LogP contribution in [0.3, 0.4) is 0 Å². The molecule has 0 saturated carbocycles. The first-order chi connectivity index (χ1) is 15.2. The fourth-order valence-electron chi connectivity index (χ4n) is 3.15. The molecule has 10 nitrogen and oxygen atoms in total. The van der Waals surface area contributed by atoms with Gasteiger partial charge in [-0.25, -0.2) is 19.7 Å². The molecule has 2 aromatic rings. The van der Waals surface area contributed by atoms with Crippen LogP contribution in [0.15, 0.2) is 24.7 Å². The number of piperidine rings is 1. The number of carbonyl (C=O) groups is 1. The number of hydrogen-bond donors (Lipinski definition) is 4. The van der Waals surface area contributed by atoms with Crippen molar-refractivity contribution in [3.63, 3.8) is 0 Å². The predicted octanol–water partition coefficient (Wildman–Crippen LogP) is 2.41. The normalized spacial score (nSPS) is 14.1. The molecule has 10 heteroatoms. The summed E-state index contributed by atoms with van der Waals surface area (Å²) in [5.74, 6) is 7.05. The van der Waals surface area contributed by atoms with E-state index in [1.807, 2.05) is 6.07 Å². The van der Waals surface area contributed by atoms with E-state index in [9.17, 15) is 9.90 Å². The van der Waals surface area contributed by atoms with E-state index in [1.165, 1.54) is 17.3 Å². The van der Waals surface area contributed by atoms with Gasteiger partial charge in [0.05, 0.1) is 23.6 Å². The minimum absolute atomic E-state index is 0.219. The van der Waals surface area contributed by atoms with Gasteiger partial charge in [0.25, 0.3) is 0 Å². The summed E-state index contributed by atoms with van der Waals surface area (Å²) < 4.78 is 0. The van der Waals surface area contributed by atoms with Crippen LogP contribution in [0.1, 0.15) is 37.9 Å². The summed E-state index contributed by atoms with van der Waals surface area (Å²) in [7, 11) is 0. The van der Waals surface area contributed by atoms with Crippen LogP contribution in [-0.2, 0) is 0 Å². The van der Waals surface area contributed by atoms with Crippen molar-refractivity contribution in [3.05, 3.63) is 35.9 Å². The van der Waals surface area contributed by atoms with Gasteiger partial charge in [0, 0.05) is 31.9 Å². The van der Waals surface area contributed by atoms with Crippen LogP contribution in [0.4, 0.5) is 22.1 Å². The number of rotatable bonds is 5. The number of likely N-dealkylation sites (tertiary alicyclic amines) is 1. The number of nitrogens with zero attached hydrogens (tertiary/aromatic N) is 5. The number of pyridine rings is 1. The van der Waals surface area contributed by atoms with Crippen molar-refractivity contribution in [2.75, 3.05) is 30.3 Å². The third-order valence-corrected chi connectivity index (χ3v) is 4.90. The minimum Gasteiger partial charge on any atom is -0.465 e. The second kappa shape index (κ2) is 9.94. The van der Waals surface area contributed by atoms with Crippen LogP contribution in [0.25, 0.3) is 0 Å². The van der Waals surface area contributed by atoms with Crippen LogP contribution < -0.4 is 10.6 Å². The average Bonchev–Trinajstić information content (AvgIpc) is 2.77. The van der Waals surface area contributed by atoms with Gasteiger partial charge >= 0.3 is 6.09 Å². The fraction of sp³-hybridized carbons (Fsp3) is 0.409. The van der Waals surface area contributed by atoms with E-state index >= 15 is 0 Å². The second-order valence-corrected chi connectivity index (χ2v) is 8.04. The lowest BCUT2D eigenvalue weighted by Crippen LogP contribution is -2.39. The number of hydrogen-bond acceptors (Lipinski definition) is 8. The van der Waals surface area contributed by atoms with Gasteiger partial charge in [0.1, 0.15) is 23.3 Å². The fourth-order valence-corrected chi connectivity index (χ4v) is 3.15. The van der Waals surface area contributed by atoms with Crippen LogP contribution in [0, 0.1) is 29.1 Å². The second-order valence-electron chi connectivity index (χ2n) is 8.04. The lowest BCUT2D eigenvalue weighted by molar-refractivity contribution is 0.126. The molecule has 1 aliphatic rings. The van der Waals surface area contributed by atoms with Gasteiger partial charge in [-0.05, 0) is 32.6 Å². The largest absolute Gasteiger partial charge is 0.465 e. The van der Waals surface area contributed by atoms with Crippen molar-refractivity contribution >= 4 is 23.4 Å². The standard InChI is InChI=1S/C22H25N7O3/c1-22(2,32)6-3-16-12-26-19(28-20-14-24-17(10-23)13-27-20)9-18(16)25-11-15-4-7-29(8-5-15)21(30)31/h9,12-15,32H,4-5,7-8,11H2,1-2H3,(H,30,31)(H2,25,26,27,28). The topological polar surface area (TPSA) is 147 Å². The van der Waals surface area contributed by atoms with Gasteiger partial charge in [-0.1, -0.05) is 11.8 Å². The highest BCUT2D eigenvalue weighted by Gasteiger charge is 2.22. The van der Waals surface area contributed by atoms with Crippen molar-refractivity contribution < 1.29 is 15.0 Å². The Bertz CT molecular complexity index is 1050. The molecule has 0 atom stereocenters. The molecule has 0 aliphatic carbocycles. The summed E-state index contributed by atoms with van der Waals surface area (Å²) >= 11 is 0. The van der Waals surface area contributed by atoms with E-state index in [4.69, 9.17) is 10.4 Å². The number of aliphatic hydroxyl groups is 1. The zero-order valence-electron chi connectivity index (χ0n) is 18.0. The zero-order chi connectivity index (χ0) is 23.1. The Morgan fingerprint density at radius 3 is 2.53 bits per heavy atom. The molecule has 3 rings (SSSR count). The number of anilines is 3. The minimum atomic E-state index is -1.14. The van der Waals surface area contributed by atoms with E-state index in [1.54, 1.807) is 26.1 Å². The molecule has 2 aromatic heterocycles. The average molecular weight is 435 g/mol. The van der Waals surface area contributed by atoms with Gasteiger partial charge < -0.3 is 25.7 Å². The third kappa shape index (κ3) is 6.56. The van der Waals surface area contributed by atoms with E-state index in [-0.39, 0.29) is 5.69 Å². The number of carboxylic acid groups (broad SMARTS) is 1. The van der Waals surface area contributed by atoms with Crippen molar-refractivity contribution in [1.82, 2.24) is 19.9 Å². The molecule has 0 bridgehead atoms. The summed E-state index contributed by atoms with van der Waals surface area (Å²) in [4.78, 5) is 25.0. The summed E-state index contributed by atoms with van der Waals surface area (Å²) in [6.07, 6.45) is 5.10. The molecule has 0 unspecified atom stereocenters. The first-order valence-electron chi connectivity index (χ1n) is 10.2. The first kappa shape index (κ1) is 22.8. The van der Waals surface area contributed by atoms with Gasteiger partial charge in [0.15, 0.2) is 5.69 Å². The van der Waals surface area contributed by atoms with Crippen molar-refractivity contribution in [2.24, 2.45) is 5.92 Å². The van der Waals surface area contributed by atoms with Crippen molar-refractivity contribution in [3.8, 4) is 17.9 Å². The van der Waals surface area contributed by atoms with E-state index < -0.39 is 11.7 Å². The highest BCUT2D eigenvalue weighted by molar-refractivity contribution is 5.66. The molecule has 1 saturated heterocycles. The van der Waals surface area contributed by atoms with Gasteiger partial charge in [-0.2, -0.15) is 5.26 Å². The maximum Gasteiger partial charge on any atom is 0.407 e. The Hall–Kier alpha value is -3.89. The van der Waals surface area contributed by atoms with Gasteiger partial charge in [-0.15, -0.1) is 0 Å². The Labute approximate surface area is 186 Å². The van der Waals surface area contributed by atoms with E-state index in [0.29, 0.717) is 42.8 Å². The van der Waals surface area contributed by atoms with Crippen molar-refractivity contribution in [2.45, 2.75) is 32.3 Å². The van der Waals surface area contributed by atoms with Crippen LogP contribution >= 0.6 is 0 Å². The monoisotopic (exact) mass is 435 g/mol. The van der Waals surface area contributed by atoms with Crippen LogP contribution in [-0.4, -0.2) is 61.4 Å². The molecule has 0 spiro atoms. The number of aromatic nitrogens is 3. The molecule has 3 heterocycles. The Balaban J connectivity index is 1.75. The lowest BCUT2D eigenvalue weighted by Gasteiger charge is -2.30. The number of nitriles is 1. The summed E-state index contributed by atoms with van der Waals surface area (Å²) in [6.45, 7) is 4.92. The van der Waals surface area contributed by atoms with Crippen LogP contribution in [0.5, 0.6) is 0 Å². The van der Waals surface area contributed by atoms with E-state index in [2.05, 4.69) is 37.4 Å². The Morgan fingerprint density at radius 2 is 1.94 bits per heavy atom. The summed E-state index contributed by atoms with van der Waals surface area (Å²) in [5, 5.41) is 34.3. The Kier molecular flexibility index (Phi) is 7.08. The molecule has 166 valence electrons. The molecule has 0 radical (unpaired) electrons. The maximum absolute atomic E-state index is 11.1. The Morgan fingerprint density at radius 1 is 1.22 bits per heavy atom. The smallest absolute Gasteiger partial charge is 0.407 e. The molecule has 0 aromatic carbocycles. The summed E-state index contributed by atoms with van der Waals surface area (Å²) in [6, 6.07) is 3.71. The molecule has 1 fully saturated rings. The van der Waals surface area contributed by atoms with Crippen LogP contribution in [0.2, 0.25) is 0 Å². The van der Waals surface area contributed by atoms with E-state index in [0.717, 1.165) is 18.5 Å². The highest BCUT2D eigenvalue weighted by atomic mass is 16.4. The molecule has 32 heavy (non-hydrogen) atoms. The maximum atomic E-state index is 11.1. The SMILES string of the molecule is CC(C)(O)C#Cc1cnc(Nc2cnc(C#N)cn2)cc1NCC1CCN(C(=O)O)CC1. The van der Waals surface area contributed by atoms with Gasteiger partial charge in [0.2, 0.25) is 0 Å². The molecule has 4 N–H and O–H groups in total. The molecule has 1 aliphatic heterocycles. The third-order valence-electron chi connectivity index (χ3n) is 4.90. The number of amides is 1. The quantitative estimate of drug-likeness (QED) is 0.520. The summed E-state index contributed by atoms with van der Waals surface area (Å²) in [5.41, 5.74) is 0.445. The molecular weight excluding hydrogens is 410 g/mol. The predicted molar refractivity (Wildman–Crippen MR) is 118 cm³/mol. The lowest BCUT2D eigenvalue weighted by atomic mass is 9.97. The van der Waals surface area contributed by atoms with Gasteiger partial charge in [-0.3, -0.25) is 0 Å².